The molecule has 1 rings (SSSR count). The summed E-state index contributed by atoms with van der Waals surface area (Å²) in [7, 11) is 0. The van der Waals surface area contributed by atoms with Crippen LogP contribution in [0.2, 0.25) is 0 Å². The zero-order chi connectivity index (χ0) is 9.52. The van der Waals surface area contributed by atoms with Crippen molar-refractivity contribution >= 4 is 17.8 Å². The van der Waals surface area contributed by atoms with Gasteiger partial charge in [0, 0.05) is 5.56 Å². The molecular formula is C10H9NO2. The van der Waals surface area contributed by atoms with Crippen molar-refractivity contribution in [1.29, 1.82) is 0 Å². The first kappa shape index (κ1) is 9.39. The minimum atomic E-state index is -0.0286. The predicted molar refractivity (Wildman–Crippen MR) is 50.3 cm³/mol. The lowest BCUT2D eigenvalue weighted by Gasteiger charge is -1.96. The summed E-state index contributed by atoms with van der Waals surface area (Å²) in [6.45, 7) is -0.0286. The molecule has 0 aliphatic rings. The van der Waals surface area contributed by atoms with E-state index in [0.717, 1.165) is 5.56 Å². The lowest BCUT2D eigenvalue weighted by molar-refractivity contribution is 0.343. The third kappa shape index (κ3) is 2.67. The Morgan fingerprint density at radius 1 is 1.46 bits per heavy atom. The minimum Gasteiger partial charge on any atom is -0.392 e. The lowest BCUT2D eigenvalue weighted by atomic mass is 10.1. The summed E-state index contributed by atoms with van der Waals surface area (Å²) in [6.07, 6.45) is 4.77. The summed E-state index contributed by atoms with van der Waals surface area (Å²) in [5, 5.41) is 8.55. The second kappa shape index (κ2) is 5.04. The van der Waals surface area contributed by atoms with Crippen molar-refractivity contribution in [3.8, 4) is 0 Å². The molecule has 0 bridgehead atoms. The molecule has 13 heavy (non-hydrogen) atoms. The number of nitrogens with zero attached hydrogens (tertiary/aromatic N) is 1. The summed E-state index contributed by atoms with van der Waals surface area (Å²) in [6, 6.07) is 7.14. The number of para-hydroxylation sites is 1. The normalized spacial score (nSPS) is 9.92. The third-order valence-corrected chi connectivity index (χ3v) is 1.51. The van der Waals surface area contributed by atoms with Gasteiger partial charge in [0.05, 0.1) is 12.3 Å². The van der Waals surface area contributed by atoms with Crippen LogP contribution in [0.5, 0.6) is 0 Å². The van der Waals surface area contributed by atoms with E-state index < -0.39 is 0 Å². The van der Waals surface area contributed by atoms with E-state index in [0.29, 0.717) is 5.69 Å². The maximum atomic E-state index is 10.0. The molecule has 0 radical (unpaired) electrons. The number of rotatable bonds is 3. The number of aliphatic hydroxyl groups is 1. The van der Waals surface area contributed by atoms with Crippen LogP contribution >= 0.6 is 0 Å². The first-order chi connectivity index (χ1) is 6.38. The molecule has 1 aromatic carbocycles. The van der Waals surface area contributed by atoms with Crippen molar-refractivity contribution in [2.24, 2.45) is 4.99 Å². The van der Waals surface area contributed by atoms with Crippen molar-refractivity contribution in [3.63, 3.8) is 0 Å². The Kier molecular flexibility index (Phi) is 3.64. The molecule has 0 fully saturated rings. The van der Waals surface area contributed by atoms with Crippen LogP contribution in [0.1, 0.15) is 5.56 Å². The van der Waals surface area contributed by atoms with E-state index in [1.807, 2.05) is 12.1 Å². The fourth-order valence-electron chi connectivity index (χ4n) is 0.959. The van der Waals surface area contributed by atoms with Crippen LogP contribution in [0, 0.1) is 0 Å². The van der Waals surface area contributed by atoms with E-state index in [-0.39, 0.29) is 6.61 Å². The molecule has 66 valence electrons. The van der Waals surface area contributed by atoms with Gasteiger partial charge in [0.1, 0.15) is 0 Å². The lowest BCUT2D eigenvalue weighted by Crippen LogP contribution is -1.75. The van der Waals surface area contributed by atoms with Crippen molar-refractivity contribution < 1.29 is 9.90 Å². The van der Waals surface area contributed by atoms with Crippen LogP contribution in [0.25, 0.3) is 6.08 Å². The second-order valence-corrected chi connectivity index (χ2v) is 2.35. The van der Waals surface area contributed by atoms with E-state index in [1.165, 1.54) is 6.08 Å². The molecule has 0 saturated carbocycles. The summed E-state index contributed by atoms with van der Waals surface area (Å²) in [5.74, 6) is 0. The topological polar surface area (TPSA) is 49.7 Å². The van der Waals surface area contributed by atoms with Gasteiger partial charge in [-0.25, -0.2) is 4.79 Å². The first-order valence-corrected chi connectivity index (χ1v) is 3.83. The van der Waals surface area contributed by atoms with Gasteiger partial charge in [0.15, 0.2) is 0 Å². The Balaban J connectivity index is 3.04. The number of isocyanates is 1. The molecule has 0 aliphatic heterocycles. The molecule has 0 heterocycles. The SMILES string of the molecule is O=C=Nc1ccccc1C=CCO. The van der Waals surface area contributed by atoms with Crippen LogP contribution in [-0.2, 0) is 4.79 Å². The highest BCUT2D eigenvalue weighted by molar-refractivity contribution is 5.66. The average molecular weight is 175 g/mol. The van der Waals surface area contributed by atoms with Crippen LogP contribution in [0.15, 0.2) is 35.3 Å². The average Bonchev–Trinajstić information content (AvgIpc) is 2.17. The van der Waals surface area contributed by atoms with Gasteiger partial charge in [-0.15, -0.1) is 0 Å². The second-order valence-electron chi connectivity index (χ2n) is 2.35. The Morgan fingerprint density at radius 3 is 2.92 bits per heavy atom. The highest BCUT2D eigenvalue weighted by Gasteiger charge is 1.94. The molecule has 0 atom stereocenters. The monoisotopic (exact) mass is 175 g/mol. The molecule has 0 unspecified atom stereocenters. The fourth-order valence-corrected chi connectivity index (χ4v) is 0.959. The van der Waals surface area contributed by atoms with E-state index in [4.69, 9.17) is 5.11 Å². The van der Waals surface area contributed by atoms with Crippen molar-refractivity contribution in [3.05, 3.63) is 35.9 Å². The maximum Gasteiger partial charge on any atom is 0.240 e. The molecule has 0 spiro atoms. The van der Waals surface area contributed by atoms with Crippen LogP contribution < -0.4 is 0 Å². The molecule has 1 aromatic rings. The summed E-state index contributed by atoms with van der Waals surface area (Å²) < 4.78 is 0. The predicted octanol–water partition coefficient (Wildman–Crippen LogP) is 1.66. The number of hydrogen-bond donors (Lipinski definition) is 1. The van der Waals surface area contributed by atoms with Crippen LogP contribution in [-0.4, -0.2) is 17.8 Å². The molecule has 3 heteroatoms. The zero-order valence-corrected chi connectivity index (χ0v) is 6.97. The quantitative estimate of drug-likeness (QED) is 0.561. The van der Waals surface area contributed by atoms with Gasteiger partial charge in [-0.1, -0.05) is 30.4 Å². The minimum absolute atomic E-state index is 0.0286. The van der Waals surface area contributed by atoms with Gasteiger partial charge in [-0.2, -0.15) is 4.99 Å². The summed E-state index contributed by atoms with van der Waals surface area (Å²) in [5.41, 5.74) is 1.35. The Morgan fingerprint density at radius 2 is 2.23 bits per heavy atom. The number of hydrogen-bond acceptors (Lipinski definition) is 3. The third-order valence-electron chi connectivity index (χ3n) is 1.51. The van der Waals surface area contributed by atoms with Gasteiger partial charge >= 0.3 is 0 Å². The maximum absolute atomic E-state index is 10.0. The number of benzene rings is 1. The van der Waals surface area contributed by atoms with E-state index in [2.05, 4.69) is 4.99 Å². The van der Waals surface area contributed by atoms with Gasteiger partial charge in [0.25, 0.3) is 0 Å². The smallest absolute Gasteiger partial charge is 0.240 e. The van der Waals surface area contributed by atoms with Crippen molar-refractivity contribution in [2.45, 2.75) is 0 Å². The van der Waals surface area contributed by atoms with Gasteiger partial charge in [0.2, 0.25) is 6.08 Å². The fraction of sp³-hybridized carbons (Fsp3) is 0.100. The summed E-state index contributed by atoms with van der Waals surface area (Å²) in [4.78, 5) is 13.6. The number of carbonyl (C=O) groups excluding carboxylic acids is 1. The molecular weight excluding hydrogens is 166 g/mol. The molecule has 3 nitrogen and oxygen atoms in total. The highest BCUT2D eigenvalue weighted by atomic mass is 16.2. The van der Waals surface area contributed by atoms with Gasteiger partial charge in [-0.3, -0.25) is 0 Å². The molecule has 0 aromatic heterocycles. The van der Waals surface area contributed by atoms with Crippen LogP contribution in [0.3, 0.4) is 0 Å². The molecule has 0 saturated heterocycles. The van der Waals surface area contributed by atoms with Crippen LogP contribution in [0.4, 0.5) is 5.69 Å². The largest absolute Gasteiger partial charge is 0.392 e. The molecule has 1 N–H and O–H groups in total. The highest BCUT2D eigenvalue weighted by Crippen LogP contribution is 2.18. The van der Waals surface area contributed by atoms with Crippen molar-refractivity contribution in [2.75, 3.05) is 6.61 Å². The van der Waals surface area contributed by atoms with E-state index in [1.54, 1.807) is 24.3 Å². The Bertz CT molecular complexity index is 352. The van der Waals surface area contributed by atoms with Gasteiger partial charge in [-0.05, 0) is 6.07 Å². The molecule has 0 amide bonds. The Hall–Kier alpha value is -1.70. The number of aliphatic hydroxyl groups excluding tert-OH is 1. The van der Waals surface area contributed by atoms with Crippen molar-refractivity contribution in [1.82, 2.24) is 0 Å². The van der Waals surface area contributed by atoms with E-state index in [9.17, 15) is 4.79 Å². The molecule has 0 aliphatic carbocycles. The van der Waals surface area contributed by atoms with Gasteiger partial charge < -0.3 is 5.11 Å². The zero-order valence-electron chi connectivity index (χ0n) is 6.97. The van der Waals surface area contributed by atoms with E-state index >= 15 is 0 Å². The first-order valence-electron chi connectivity index (χ1n) is 3.83. The Labute approximate surface area is 76.1 Å². The number of aliphatic imine (C=N–C) groups is 1. The summed E-state index contributed by atoms with van der Waals surface area (Å²) >= 11 is 0. The standard InChI is InChI=1S/C10H9NO2/c12-7-3-5-9-4-1-2-6-10(9)11-8-13/h1-6,12H,7H2.